The van der Waals surface area contributed by atoms with Gasteiger partial charge >= 0.3 is 0 Å². The number of benzene rings is 1. The van der Waals surface area contributed by atoms with Crippen LogP contribution in [0.1, 0.15) is 0 Å². The molecule has 80 valence electrons. The monoisotopic (exact) mass is 243 g/mol. The molecule has 0 unspecified atom stereocenters. The van der Waals surface area contributed by atoms with Crippen molar-refractivity contribution in [2.45, 2.75) is 4.34 Å². The van der Waals surface area contributed by atoms with Crippen LogP contribution in [-0.4, -0.2) is 26.8 Å². The molecule has 0 bridgehead atoms. The molecule has 0 radical (unpaired) electrons. The number of ether oxygens (including phenoxy) is 1. The third-order valence-corrected chi connectivity index (χ3v) is 4.60. The molecule has 1 aromatic heterocycles. The Morgan fingerprint density at radius 1 is 1.40 bits per heavy atom. The summed E-state index contributed by atoms with van der Waals surface area (Å²) < 4.78 is 28.7. The summed E-state index contributed by atoms with van der Waals surface area (Å²) in [7, 11) is -1.70. The lowest BCUT2D eigenvalue weighted by atomic mass is 10.3. The molecule has 6 heteroatoms. The SMILES string of the molecule is COc1cccc2sc(S(C)(=O)=O)nc12. The van der Waals surface area contributed by atoms with Gasteiger partial charge in [0.05, 0.1) is 11.8 Å². The van der Waals surface area contributed by atoms with Crippen molar-refractivity contribution < 1.29 is 13.2 Å². The zero-order valence-corrected chi connectivity index (χ0v) is 9.85. The van der Waals surface area contributed by atoms with E-state index in [1.54, 1.807) is 6.07 Å². The topological polar surface area (TPSA) is 56.3 Å². The fourth-order valence-corrected chi connectivity index (χ4v) is 3.07. The Morgan fingerprint density at radius 3 is 2.73 bits per heavy atom. The van der Waals surface area contributed by atoms with E-state index < -0.39 is 9.84 Å². The number of nitrogens with zero attached hydrogens (tertiary/aromatic N) is 1. The van der Waals surface area contributed by atoms with E-state index in [9.17, 15) is 8.42 Å². The molecule has 0 atom stereocenters. The average molecular weight is 243 g/mol. The number of sulfone groups is 1. The van der Waals surface area contributed by atoms with Gasteiger partial charge in [-0.15, -0.1) is 11.3 Å². The van der Waals surface area contributed by atoms with Crippen molar-refractivity contribution in [2.75, 3.05) is 13.4 Å². The quantitative estimate of drug-likeness (QED) is 0.805. The lowest BCUT2D eigenvalue weighted by molar-refractivity contribution is 0.419. The maximum absolute atomic E-state index is 11.3. The van der Waals surface area contributed by atoms with Crippen LogP contribution in [0, 0.1) is 0 Å². The molecular formula is C9H9NO3S2. The van der Waals surface area contributed by atoms with Gasteiger partial charge in [0.2, 0.25) is 14.2 Å². The van der Waals surface area contributed by atoms with E-state index in [-0.39, 0.29) is 4.34 Å². The molecule has 0 aliphatic rings. The maximum atomic E-state index is 11.3. The molecule has 1 heterocycles. The minimum atomic E-state index is -3.24. The Morgan fingerprint density at radius 2 is 2.13 bits per heavy atom. The number of methoxy groups -OCH3 is 1. The van der Waals surface area contributed by atoms with Crippen molar-refractivity contribution in [3.05, 3.63) is 18.2 Å². The molecule has 0 saturated heterocycles. The van der Waals surface area contributed by atoms with E-state index in [0.29, 0.717) is 11.3 Å². The van der Waals surface area contributed by atoms with Gasteiger partial charge in [-0.1, -0.05) is 6.07 Å². The molecule has 0 fully saturated rings. The van der Waals surface area contributed by atoms with Crippen LogP contribution in [-0.2, 0) is 9.84 Å². The van der Waals surface area contributed by atoms with Gasteiger partial charge in [0.1, 0.15) is 11.3 Å². The van der Waals surface area contributed by atoms with Crippen LogP contribution in [0.5, 0.6) is 5.75 Å². The molecule has 2 rings (SSSR count). The molecule has 2 aromatic rings. The van der Waals surface area contributed by atoms with Gasteiger partial charge < -0.3 is 4.74 Å². The molecule has 1 aromatic carbocycles. The highest BCUT2D eigenvalue weighted by Crippen LogP contribution is 2.31. The summed E-state index contributed by atoms with van der Waals surface area (Å²) in [5, 5.41) is 0. The van der Waals surface area contributed by atoms with Crippen LogP contribution in [0.2, 0.25) is 0 Å². The highest BCUT2D eigenvalue weighted by atomic mass is 32.2. The molecule has 4 nitrogen and oxygen atoms in total. The van der Waals surface area contributed by atoms with E-state index in [1.807, 2.05) is 12.1 Å². The van der Waals surface area contributed by atoms with E-state index in [0.717, 1.165) is 22.3 Å². The zero-order valence-electron chi connectivity index (χ0n) is 8.22. The minimum absolute atomic E-state index is 0.127. The Balaban J connectivity index is 2.76. The first kappa shape index (κ1) is 10.4. The normalized spacial score (nSPS) is 11.9. The average Bonchev–Trinajstić information content (AvgIpc) is 2.59. The third kappa shape index (κ3) is 1.82. The van der Waals surface area contributed by atoms with Gasteiger partial charge in [-0.3, -0.25) is 0 Å². The van der Waals surface area contributed by atoms with E-state index in [2.05, 4.69) is 4.98 Å². The Kier molecular flexibility index (Phi) is 2.40. The highest BCUT2D eigenvalue weighted by molar-refractivity contribution is 7.92. The Labute approximate surface area is 91.4 Å². The van der Waals surface area contributed by atoms with Crippen LogP contribution in [0.4, 0.5) is 0 Å². The number of thiazole rings is 1. The Hall–Kier alpha value is -1.14. The predicted octanol–water partition coefficient (Wildman–Crippen LogP) is 1.71. The number of aromatic nitrogens is 1. The van der Waals surface area contributed by atoms with Gasteiger partial charge in [0.25, 0.3) is 0 Å². The smallest absolute Gasteiger partial charge is 0.210 e. The van der Waals surface area contributed by atoms with Crippen LogP contribution in [0.3, 0.4) is 0 Å². The summed E-state index contributed by atoms with van der Waals surface area (Å²) in [6.07, 6.45) is 1.15. The molecule has 0 aliphatic carbocycles. The first-order valence-electron chi connectivity index (χ1n) is 4.16. The lowest BCUT2D eigenvalue weighted by Crippen LogP contribution is -1.95. The minimum Gasteiger partial charge on any atom is -0.494 e. The van der Waals surface area contributed by atoms with Crippen molar-refractivity contribution in [2.24, 2.45) is 0 Å². The van der Waals surface area contributed by atoms with Gasteiger partial charge in [-0.2, -0.15) is 0 Å². The first-order valence-corrected chi connectivity index (χ1v) is 6.87. The van der Waals surface area contributed by atoms with Crippen LogP contribution < -0.4 is 4.74 Å². The number of fused-ring (bicyclic) bond motifs is 1. The van der Waals surface area contributed by atoms with Crippen molar-refractivity contribution >= 4 is 31.4 Å². The van der Waals surface area contributed by atoms with Gasteiger partial charge in [-0.25, -0.2) is 13.4 Å². The third-order valence-electron chi connectivity index (χ3n) is 1.90. The van der Waals surface area contributed by atoms with Crippen molar-refractivity contribution in [3.63, 3.8) is 0 Å². The van der Waals surface area contributed by atoms with Gasteiger partial charge in [0.15, 0.2) is 0 Å². The van der Waals surface area contributed by atoms with Crippen LogP contribution in [0.15, 0.2) is 22.5 Å². The number of para-hydroxylation sites is 1. The molecule has 0 aliphatic heterocycles. The number of rotatable bonds is 2. The number of hydrogen-bond acceptors (Lipinski definition) is 5. The molecular weight excluding hydrogens is 234 g/mol. The summed E-state index contributed by atoms with van der Waals surface area (Å²) in [5.74, 6) is 0.596. The summed E-state index contributed by atoms with van der Waals surface area (Å²) in [5.41, 5.74) is 0.602. The molecule has 0 spiro atoms. The van der Waals surface area contributed by atoms with Crippen LogP contribution >= 0.6 is 11.3 Å². The van der Waals surface area contributed by atoms with Crippen molar-refractivity contribution in [1.82, 2.24) is 4.98 Å². The second-order valence-electron chi connectivity index (χ2n) is 3.06. The summed E-state index contributed by atoms with van der Waals surface area (Å²) >= 11 is 1.15. The highest BCUT2D eigenvalue weighted by Gasteiger charge is 2.15. The predicted molar refractivity (Wildman–Crippen MR) is 59.3 cm³/mol. The standard InChI is InChI=1S/C9H9NO3S2/c1-13-6-4-3-5-7-8(6)10-9(14-7)15(2,11)12/h3-5H,1-2H3. The molecule has 0 N–H and O–H groups in total. The largest absolute Gasteiger partial charge is 0.494 e. The summed E-state index contributed by atoms with van der Waals surface area (Å²) in [6.45, 7) is 0. The Bertz CT molecular complexity index is 601. The van der Waals surface area contributed by atoms with Crippen molar-refractivity contribution in [1.29, 1.82) is 0 Å². The second kappa shape index (κ2) is 3.46. The van der Waals surface area contributed by atoms with Crippen LogP contribution in [0.25, 0.3) is 10.2 Å². The fraction of sp³-hybridized carbons (Fsp3) is 0.222. The van der Waals surface area contributed by atoms with E-state index >= 15 is 0 Å². The van der Waals surface area contributed by atoms with Gasteiger partial charge in [0, 0.05) is 6.26 Å². The molecule has 15 heavy (non-hydrogen) atoms. The van der Waals surface area contributed by atoms with Gasteiger partial charge in [-0.05, 0) is 12.1 Å². The lowest BCUT2D eigenvalue weighted by Gasteiger charge is -1.97. The molecule has 0 amide bonds. The molecule has 0 saturated carbocycles. The van der Waals surface area contributed by atoms with Crippen molar-refractivity contribution in [3.8, 4) is 5.75 Å². The zero-order chi connectivity index (χ0) is 11.1. The first-order chi connectivity index (χ1) is 7.02. The van der Waals surface area contributed by atoms with E-state index in [1.165, 1.54) is 7.11 Å². The second-order valence-corrected chi connectivity index (χ2v) is 6.28. The fourth-order valence-electron chi connectivity index (χ4n) is 1.23. The summed E-state index contributed by atoms with van der Waals surface area (Å²) in [4.78, 5) is 4.06. The maximum Gasteiger partial charge on any atom is 0.210 e. The van der Waals surface area contributed by atoms with E-state index in [4.69, 9.17) is 4.74 Å². The summed E-state index contributed by atoms with van der Waals surface area (Å²) in [6, 6.07) is 5.39. The number of hydrogen-bond donors (Lipinski definition) is 0.